The molecule has 1 aromatic carbocycles. The van der Waals surface area contributed by atoms with Gasteiger partial charge in [0.15, 0.2) is 0 Å². The fourth-order valence-electron chi connectivity index (χ4n) is 1.58. The Labute approximate surface area is 110 Å². The van der Waals surface area contributed by atoms with Crippen LogP contribution in [-0.4, -0.2) is 28.2 Å². The third kappa shape index (κ3) is 3.62. The molecule has 1 heterocycles. The molecule has 0 spiro atoms. The Morgan fingerprint density at radius 2 is 2.00 bits per heavy atom. The van der Waals surface area contributed by atoms with Crippen molar-refractivity contribution in [3.05, 3.63) is 42.0 Å². The van der Waals surface area contributed by atoms with Gasteiger partial charge >= 0.3 is 0 Å². The lowest BCUT2D eigenvalue weighted by Crippen LogP contribution is -2.07. The second-order valence-corrected chi connectivity index (χ2v) is 4.03. The van der Waals surface area contributed by atoms with E-state index in [4.69, 9.17) is 5.11 Å². The summed E-state index contributed by atoms with van der Waals surface area (Å²) in [6.07, 6.45) is 1.42. The fourth-order valence-corrected chi connectivity index (χ4v) is 1.58. The first kappa shape index (κ1) is 13.2. The molecule has 5 nitrogen and oxygen atoms in total. The molecule has 3 N–H and O–H groups in total. The number of hydrogen-bond acceptors (Lipinski definition) is 5. The number of benzene rings is 1. The van der Waals surface area contributed by atoms with Crippen LogP contribution in [0.1, 0.15) is 5.56 Å². The quantitative estimate of drug-likeness (QED) is 0.769. The Bertz CT molecular complexity index is 562. The van der Waals surface area contributed by atoms with Gasteiger partial charge < -0.3 is 15.7 Å². The standard InChI is InChI=1S/C13H15FN4O/c1-9-6-10(2-3-11(9)14)18-13-7-12(15-4-5-19)16-8-17-13/h2-3,6-8,19H,4-5H2,1H3,(H2,15,16,17,18). The van der Waals surface area contributed by atoms with E-state index in [0.29, 0.717) is 23.7 Å². The van der Waals surface area contributed by atoms with Crippen molar-refractivity contribution >= 4 is 17.3 Å². The molecule has 0 amide bonds. The molecular formula is C13H15FN4O. The zero-order chi connectivity index (χ0) is 13.7. The van der Waals surface area contributed by atoms with Crippen molar-refractivity contribution in [2.75, 3.05) is 23.8 Å². The Kier molecular flexibility index (Phi) is 4.25. The summed E-state index contributed by atoms with van der Waals surface area (Å²) in [6, 6.07) is 6.47. The summed E-state index contributed by atoms with van der Waals surface area (Å²) in [5.41, 5.74) is 1.32. The van der Waals surface area contributed by atoms with Gasteiger partial charge in [-0.05, 0) is 30.7 Å². The highest BCUT2D eigenvalue weighted by Gasteiger charge is 2.02. The number of nitrogens with one attached hydrogen (secondary N) is 2. The van der Waals surface area contributed by atoms with Gasteiger partial charge in [-0.2, -0.15) is 0 Å². The van der Waals surface area contributed by atoms with Crippen LogP contribution in [0.15, 0.2) is 30.6 Å². The Morgan fingerprint density at radius 3 is 2.74 bits per heavy atom. The van der Waals surface area contributed by atoms with Crippen LogP contribution >= 0.6 is 0 Å². The molecule has 0 atom stereocenters. The minimum absolute atomic E-state index is 0.0317. The maximum absolute atomic E-state index is 13.2. The topological polar surface area (TPSA) is 70.1 Å². The molecule has 0 unspecified atom stereocenters. The smallest absolute Gasteiger partial charge is 0.135 e. The van der Waals surface area contributed by atoms with Gasteiger partial charge in [-0.1, -0.05) is 0 Å². The first-order valence-corrected chi connectivity index (χ1v) is 5.89. The van der Waals surface area contributed by atoms with E-state index in [2.05, 4.69) is 20.6 Å². The molecule has 0 radical (unpaired) electrons. The predicted molar refractivity (Wildman–Crippen MR) is 72.0 cm³/mol. The largest absolute Gasteiger partial charge is 0.395 e. The molecule has 100 valence electrons. The molecule has 2 aromatic rings. The Morgan fingerprint density at radius 1 is 1.21 bits per heavy atom. The lowest BCUT2D eigenvalue weighted by atomic mass is 10.2. The zero-order valence-corrected chi connectivity index (χ0v) is 10.5. The minimum atomic E-state index is -0.237. The zero-order valence-electron chi connectivity index (χ0n) is 10.5. The number of anilines is 3. The van der Waals surface area contributed by atoms with E-state index in [0.717, 1.165) is 5.69 Å². The highest BCUT2D eigenvalue weighted by Crippen LogP contribution is 2.18. The van der Waals surface area contributed by atoms with E-state index >= 15 is 0 Å². The fraction of sp³-hybridized carbons (Fsp3) is 0.231. The number of nitrogens with zero attached hydrogens (tertiary/aromatic N) is 2. The maximum atomic E-state index is 13.2. The molecule has 6 heteroatoms. The number of aromatic nitrogens is 2. The first-order valence-electron chi connectivity index (χ1n) is 5.89. The molecule has 0 saturated carbocycles. The van der Waals surface area contributed by atoms with E-state index in [1.54, 1.807) is 25.1 Å². The average Bonchev–Trinajstić information content (AvgIpc) is 2.41. The molecule has 0 aliphatic heterocycles. The van der Waals surface area contributed by atoms with Gasteiger partial charge in [0.05, 0.1) is 6.61 Å². The van der Waals surface area contributed by atoms with Crippen LogP contribution in [0.25, 0.3) is 0 Å². The van der Waals surface area contributed by atoms with Crippen LogP contribution in [0.2, 0.25) is 0 Å². The van der Waals surface area contributed by atoms with Crippen LogP contribution < -0.4 is 10.6 Å². The third-order valence-electron chi connectivity index (χ3n) is 2.52. The van der Waals surface area contributed by atoms with Crippen LogP contribution in [-0.2, 0) is 0 Å². The second kappa shape index (κ2) is 6.10. The molecule has 0 aliphatic carbocycles. The summed E-state index contributed by atoms with van der Waals surface area (Å²) < 4.78 is 13.2. The van der Waals surface area contributed by atoms with Gasteiger partial charge in [-0.25, -0.2) is 14.4 Å². The van der Waals surface area contributed by atoms with Gasteiger partial charge in [0, 0.05) is 18.3 Å². The summed E-state index contributed by atoms with van der Waals surface area (Å²) in [7, 11) is 0. The molecule has 2 rings (SSSR count). The van der Waals surface area contributed by atoms with E-state index in [1.165, 1.54) is 12.4 Å². The van der Waals surface area contributed by atoms with Gasteiger partial charge in [0.25, 0.3) is 0 Å². The highest BCUT2D eigenvalue weighted by atomic mass is 19.1. The van der Waals surface area contributed by atoms with Crippen molar-refractivity contribution < 1.29 is 9.50 Å². The summed E-state index contributed by atoms with van der Waals surface area (Å²) in [6.45, 7) is 2.16. The average molecular weight is 262 g/mol. The molecule has 0 saturated heterocycles. The molecular weight excluding hydrogens is 247 g/mol. The number of rotatable bonds is 5. The number of aliphatic hydroxyl groups excluding tert-OH is 1. The van der Waals surface area contributed by atoms with Gasteiger partial charge in [-0.15, -0.1) is 0 Å². The van der Waals surface area contributed by atoms with E-state index in [1.807, 2.05) is 0 Å². The van der Waals surface area contributed by atoms with E-state index < -0.39 is 0 Å². The van der Waals surface area contributed by atoms with Crippen LogP contribution in [0.3, 0.4) is 0 Å². The lowest BCUT2D eigenvalue weighted by molar-refractivity contribution is 0.311. The van der Waals surface area contributed by atoms with Crippen molar-refractivity contribution in [2.24, 2.45) is 0 Å². The lowest BCUT2D eigenvalue weighted by Gasteiger charge is -2.08. The first-order chi connectivity index (χ1) is 9.19. The van der Waals surface area contributed by atoms with Crippen molar-refractivity contribution in [3.63, 3.8) is 0 Å². The Hall–Kier alpha value is -2.21. The molecule has 0 fully saturated rings. The number of aliphatic hydroxyl groups is 1. The normalized spacial score (nSPS) is 10.3. The molecule has 0 bridgehead atoms. The van der Waals surface area contributed by atoms with E-state index in [-0.39, 0.29) is 12.4 Å². The summed E-state index contributed by atoms with van der Waals surface area (Å²) in [5, 5.41) is 14.7. The van der Waals surface area contributed by atoms with Gasteiger partial charge in [0.1, 0.15) is 23.8 Å². The third-order valence-corrected chi connectivity index (χ3v) is 2.52. The van der Waals surface area contributed by atoms with Crippen molar-refractivity contribution in [1.29, 1.82) is 0 Å². The molecule has 19 heavy (non-hydrogen) atoms. The van der Waals surface area contributed by atoms with Crippen LogP contribution in [0.4, 0.5) is 21.7 Å². The summed E-state index contributed by atoms with van der Waals surface area (Å²) >= 11 is 0. The predicted octanol–water partition coefficient (Wildman–Crippen LogP) is 2.07. The summed E-state index contributed by atoms with van der Waals surface area (Å²) in [5.74, 6) is 0.977. The van der Waals surface area contributed by atoms with Crippen molar-refractivity contribution in [1.82, 2.24) is 9.97 Å². The number of halogens is 1. The second-order valence-electron chi connectivity index (χ2n) is 4.03. The monoisotopic (exact) mass is 262 g/mol. The van der Waals surface area contributed by atoms with Crippen molar-refractivity contribution in [2.45, 2.75) is 6.92 Å². The molecule has 1 aromatic heterocycles. The number of hydrogen-bond donors (Lipinski definition) is 3. The van der Waals surface area contributed by atoms with Crippen LogP contribution in [0.5, 0.6) is 0 Å². The van der Waals surface area contributed by atoms with E-state index in [9.17, 15) is 4.39 Å². The number of aryl methyl sites for hydroxylation is 1. The summed E-state index contributed by atoms with van der Waals surface area (Å²) in [4.78, 5) is 8.09. The van der Waals surface area contributed by atoms with Gasteiger partial charge in [0.2, 0.25) is 0 Å². The SMILES string of the molecule is Cc1cc(Nc2cc(NCCO)ncn2)ccc1F. The minimum Gasteiger partial charge on any atom is -0.395 e. The Balaban J connectivity index is 2.11. The van der Waals surface area contributed by atoms with Crippen LogP contribution in [0, 0.1) is 12.7 Å². The maximum Gasteiger partial charge on any atom is 0.135 e. The van der Waals surface area contributed by atoms with Gasteiger partial charge in [-0.3, -0.25) is 0 Å². The van der Waals surface area contributed by atoms with Crippen molar-refractivity contribution in [3.8, 4) is 0 Å². The highest BCUT2D eigenvalue weighted by molar-refractivity contribution is 5.59. The molecule has 0 aliphatic rings.